The molecule has 2 amide bonds. The number of non-ortho nitro benzene ring substituents is 1. The maximum absolute atomic E-state index is 11.8. The Bertz CT molecular complexity index is 615. The fourth-order valence-electron chi connectivity index (χ4n) is 2.02. The van der Waals surface area contributed by atoms with Gasteiger partial charge in [0.25, 0.3) is 5.69 Å². The fourth-order valence-corrected chi connectivity index (χ4v) is 2.18. The van der Waals surface area contributed by atoms with Crippen LogP contribution in [0.1, 0.15) is 19.3 Å². The molecular formula is C12H12ClN3O5. The number of carboxylic acid groups (broad SMARTS) is 1. The summed E-state index contributed by atoms with van der Waals surface area (Å²) in [6, 6.07) is 2.83. The molecule has 0 spiro atoms. The molecule has 2 rings (SSSR count). The summed E-state index contributed by atoms with van der Waals surface area (Å²) in [5.74, 6) is -1.10. The minimum Gasteiger partial charge on any atom is -0.480 e. The maximum atomic E-state index is 11.8. The molecule has 21 heavy (non-hydrogen) atoms. The molecule has 0 unspecified atom stereocenters. The van der Waals surface area contributed by atoms with Crippen LogP contribution in [0.15, 0.2) is 18.2 Å². The van der Waals surface area contributed by atoms with Crippen molar-refractivity contribution >= 4 is 35.0 Å². The number of urea groups is 1. The highest BCUT2D eigenvalue weighted by Crippen LogP contribution is 2.32. The summed E-state index contributed by atoms with van der Waals surface area (Å²) in [4.78, 5) is 33.0. The van der Waals surface area contributed by atoms with Gasteiger partial charge in [-0.25, -0.2) is 9.59 Å². The van der Waals surface area contributed by atoms with Crippen LogP contribution in [0.25, 0.3) is 0 Å². The van der Waals surface area contributed by atoms with Crippen LogP contribution in [0.5, 0.6) is 0 Å². The molecule has 3 N–H and O–H groups in total. The second kappa shape index (κ2) is 5.57. The van der Waals surface area contributed by atoms with Gasteiger partial charge in [0, 0.05) is 12.1 Å². The molecule has 1 saturated carbocycles. The van der Waals surface area contributed by atoms with E-state index in [-0.39, 0.29) is 16.4 Å². The molecule has 1 aliphatic carbocycles. The molecule has 9 heteroatoms. The molecule has 0 bridgehead atoms. The van der Waals surface area contributed by atoms with Crippen LogP contribution in [0.3, 0.4) is 0 Å². The van der Waals surface area contributed by atoms with E-state index in [1.165, 1.54) is 12.1 Å². The molecule has 0 aliphatic heterocycles. The molecule has 112 valence electrons. The minimum atomic E-state index is -1.27. The Hall–Kier alpha value is -2.35. The first-order valence-corrected chi connectivity index (χ1v) is 6.48. The van der Waals surface area contributed by atoms with Crippen LogP contribution in [0, 0.1) is 10.1 Å². The molecule has 1 aromatic carbocycles. The predicted octanol–water partition coefficient (Wildman–Crippen LogP) is 2.38. The van der Waals surface area contributed by atoms with Gasteiger partial charge in [0.1, 0.15) is 5.54 Å². The summed E-state index contributed by atoms with van der Waals surface area (Å²) in [5.41, 5.74) is -1.45. The zero-order valence-corrected chi connectivity index (χ0v) is 11.5. The largest absolute Gasteiger partial charge is 0.480 e. The Labute approximate surface area is 124 Å². The second-order valence-corrected chi connectivity index (χ2v) is 5.15. The van der Waals surface area contributed by atoms with Crippen molar-refractivity contribution in [3.8, 4) is 0 Å². The topological polar surface area (TPSA) is 122 Å². The third-order valence-electron chi connectivity index (χ3n) is 3.38. The number of hydrogen-bond acceptors (Lipinski definition) is 4. The van der Waals surface area contributed by atoms with Crippen molar-refractivity contribution < 1.29 is 19.6 Å². The van der Waals surface area contributed by atoms with Crippen LogP contribution in [0.2, 0.25) is 5.02 Å². The summed E-state index contributed by atoms with van der Waals surface area (Å²) in [6.07, 6.45) is 1.40. The van der Waals surface area contributed by atoms with E-state index in [2.05, 4.69) is 10.6 Å². The number of halogens is 1. The molecule has 8 nitrogen and oxygen atoms in total. The normalized spacial score (nSPS) is 15.7. The molecule has 0 radical (unpaired) electrons. The Balaban J connectivity index is 2.11. The number of aliphatic carboxylic acids is 1. The van der Waals surface area contributed by atoms with Crippen molar-refractivity contribution in [2.75, 3.05) is 5.32 Å². The van der Waals surface area contributed by atoms with Gasteiger partial charge in [-0.15, -0.1) is 0 Å². The first kappa shape index (κ1) is 15.0. The van der Waals surface area contributed by atoms with Gasteiger partial charge in [-0.3, -0.25) is 10.1 Å². The fraction of sp³-hybridized carbons (Fsp3) is 0.333. The number of nitro benzene ring substituents is 1. The maximum Gasteiger partial charge on any atom is 0.329 e. The van der Waals surface area contributed by atoms with Gasteiger partial charge in [-0.1, -0.05) is 11.6 Å². The van der Waals surface area contributed by atoms with Gasteiger partial charge in [-0.2, -0.15) is 0 Å². The van der Waals surface area contributed by atoms with E-state index in [0.29, 0.717) is 19.3 Å². The van der Waals surface area contributed by atoms with Crippen molar-refractivity contribution in [3.63, 3.8) is 0 Å². The average Bonchev–Trinajstić information content (AvgIpc) is 2.35. The Morgan fingerprint density at radius 1 is 1.38 bits per heavy atom. The lowest BCUT2D eigenvalue weighted by molar-refractivity contribution is -0.384. The zero-order valence-electron chi connectivity index (χ0n) is 10.8. The monoisotopic (exact) mass is 313 g/mol. The Morgan fingerprint density at radius 2 is 2.05 bits per heavy atom. The number of nitrogens with one attached hydrogen (secondary N) is 2. The van der Waals surface area contributed by atoms with Crippen molar-refractivity contribution in [3.05, 3.63) is 33.3 Å². The highest BCUT2D eigenvalue weighted by molar-refractivity contribution is 6.33. The van der Waals surface area contributed by atoms with Crippen LogP contribution in [-0.2, 0) is 4.79 Å². The van der Waals surface area contributed by atoms with Crippen LogP contribution in [-0.4, -0.2) is 27.6 Å². The number of carbonyl (C=O) groups excluding carboxylic acids is 1. The number of amides is 2. The molecule has 0 atom stereocenters. The van der Waals surface area contributed by atoms with E-state index in [1.807, 2.05) is 0 Å². The number of rotatable bonds is 4. The van der Waals surface area contributed by atoms with E-state index < -0.39 is 22.5 Å². The van der Waals surface area contributed by atoms with Gasteiger partial charge in [0.05, 0.1) is 15.6 Å². The quantitative estimate of drug-likeness (QED) is 0.582. The van der Waals surface area contributed by atoms with Gasteiger partial charge in [0.2, 0.25) is 0 Å². The molecule has 0 heterocycles. The van der Waals surface area contributed by atoms with E-state index in [1.54, 1.807) is 0 Å². The van der Waals surface area contributed by atoms with Crippen LogP contribution >= 0.6 is 11.6 Å². The summed E-state index contributed by atoms with van der Waals surface area (Å²) >= 11 is 5.85. The Morgan fingerprint density at radius 3 is 2.52 bits per heavy atom. The van der Waals surface area contributed by atoms with Gasteiger partial charge in [0.15, 0.2) is 0 Å². The minimum absolute atomic E-state index is 0.0447. The van der Waals surface area contributed by atoms with Crippen LogP contribution in [0.4, 0.5) is 16.2 Å². The Kier molecular flexibility index (Phi) is 3.99. The summed E-state index contributed by atoms with van der Waals surface area (Å²) in [6.45, 7) is 0. The number of hydrogen-bond donors (Lipinski definition) is 3. The van der Waals surface area contributed by atoms with Crippen molar-refractivity contribution in [1.29, 1.82) is 0 Å². The van der Waals surface area contributed by atoms with Crippen LogP contribution < -0.4 is 10.6 Å². The van der Waals surface area contributed by atoms with Crippen molar-refractivity contribution in [2.24, 2.45) is 0 Å². The summed E-state index contributed by atoms with van der Waals surface area (Å²) in [7, 11) is 0. The molecule has 0 aromatic heterocycles. The van der Waals surface area contributed by atoms with E-state index in [0.717, 1.165) is 6.07 Å². The zero-order chi connectivity index (χ0) is 15.6. The highest BCUT2D eigenvalue weighted by atomic mass is 35.5. The number of anilines is 1. The molecule has 1 aliphatic rings. The molecule has 1 aromatic rings. The van der Waals surface area contributed by atoms with E-state index in [4.69, 9.17) is 16.7 Å². The standard InChI is InChI=1S/C12H12ClN3O5/c13-8-3-2-7(16(20)21)6-9(8)14-11(19)15-12(10(17)18)4-1-5-12/h2-3,6H,1,4-5H2,(H,17,18)(H2,14,15,19). The SMILES string of the molecule is O=C(Nc1cc([N+](=O)[O-])ccc1Cl)NC1(C(=O)O)CCC1. The lowest BCUT2D eigenvalue weighted by atomic mass is 9.77. The molecular weight excluding hydrogens is 302 g/mol. The van der Waals surface area contributed by atoms with Gasteiger partial charge in [-0.05, 0) is 25.3 Å². The number of nitro groups is 1. The third kappa shape index (κ3) is 3.05. The van der Waals surface area contributed by atoms with Gasteiger partial charge < -0.3 is 15.7 Å². The van der Waals surface area contributed by atoms with E-state index in [9.17, 15) is 19.7 Å². The highest BCUT2D eigenvalue weighted by Gasteiger charge is 2.45. The second-order valence-electron chi connectivity index (χ2n) is 4.74. The lowest BCUT2D eigenvalue weighted by Crippen LogP contribution is -2.60. The molecule has 0 saturated heterocycles. The number of carbonyl (C=O) groups is 2. The van der Waals surface area contributed by atoms with E-state index >= 15 is 0 Å². The third-order valence-corrected chi connectivity index (χ3v) is 3.71. The number of nitrogens with zero attached hydrogens (tertiary/aromatic N) is 1. The summed E-state index contributed by atoms with van der Waals surface area (Å²) in [5, 5.41) is 24.6. The smallest absolute Gasteiger partial charge is 0.329 e. The molecule has 1 fully saturated rings. The van der Waals surface area contributed by atoms with Gasteiger partial charge >= 0.3 is 12.0 Å². The summed E-state index contributed by atoms with van der Waals surface area (Å²) < 4.78 is 0. The number of carboxylic acids is 1. The lowest BCUT2D eigenvalue weighted by Gasteiger charge is -2.38. The average molecular weight is 314 g/mol. The number of benzene rings is 1. The first-order valence-electron chi connectivity index (χ1n) is 6.10. The van der Waals surface area contributed by atoms with Crippen molar-refractivity contribution in [2.45, 2.75) is 24.8 Å². The first-order chi connectivity index (χ1) is 9.84. The predicted molar refractivity (Wildman–Crippen MR) is 74.5 cm³/mol. The van der Waals surface area contributed by atoms with Crippen molar-refractivity contribution in [1.82, 2.24) is 5.32 Å².